The van der Waals surface area contributed by atoms with E-state index >= 15 is 0 Å². The molecular weight excluding hydrogens is 118 g/mol. The van der Waals surface area contributed by atoms with Gasteiger partial charge in [0.1, 0.15) is 0 Å². The average Bonchev–Trinajstić information content (AvgIpc) is 1.89. The molecule has 0 aliphatic heterocycles. The maximum Gasteiger partial charge on any atom is 0.0630 e. The van der Waals surface area contributed by atoms with Crippen LogP contribution in [0.25, 0.3) is 0 Å². The van der Waals surface area contributed by atoms with Gasteiger partial charge in [0.05, 0.1) is 13.2 Å². The van der Waals surface area contributed by atoms with Crippen LogP contribution in [0.2, 0.25) is 0 Å². The van der Waals surface area contributed by atoms with E-state index in [0.717, 1.165) is 0 Å². The monoisotopic (exact) mass is 133 g/mol. The Labute approximate surface area is 55.3 Å². The van der Waals surface area contributed by atoms with Crippen molar-refractivity contribution in [3.05, 3.63) is 0 Å². The maximum atomic E-state index is 5.42. The predicted molar refractivity (Wildman–Crippen MR) is 36.9 cm³/mol. The Kier molecular flexibility index (Phi) is 5.86. The van der Waals surface area contributed by atoms with E-state index in [9.17, 15) is 0 Å². The van der Waals surface area contributed by atoms with E-state index in [4.69, 9.17) is 21.9 Å². The number of ether oxygens (including phenoxy) is 1. The Morgan fingerprint density at radius 1 is 1.33 bits per heavy atom. The highest BCUT2D eigenvalue weighted by Gasteiger charge is 1.96. The molecule has 0 saturated carbocycles. The molecule has 0 heterocycles. The molecule has 0 spiro atoms. The summed E-state index contributed by atoms with van der Waals surface area (Å²) in [6.45, 7) is 2.07. The molecule has 0 fully saturated rings. The van der Waals surface area contributed by atoms with Gasteiger partial charge < -0.3 is 21.9 Å². The van der Waals surface area contributed by atoms with Crippen molar-refractivity contribution in [2.24, 2.45) is 17.2 Å². The second-order valence-corrected chi connectivity index (χ2v) is 1.86. The molecule has 4 heteroatoms. The molecule has 4 nitrogen and oxygen atoms in total. The van der Waals surface area contributed by atoms with Gasteiger partial charge in [-0.2, -0.15) is 0 Å². The molecule has 9 heavy (non-hydrogen) atoms. The summed E-state index contributed by atoms with van der Waals surface area (Å²) in [5.74, 6) is 0. The first-order valence-corrected chi connectivity index (χ1v) is 3.04. The van der Waals surface area contributed by atoms with Crippen molar-refractivity contribution in [2.45, 2.75) is 6.04 Å². The van der Waals surface area contributed by atoms with Crippen LogP contribution in [0.15, 0.2) is 0 Å². The van der Waals surface area contributed by atoms with Crippen LogP contribution in [0.1, 0.15) is 0 Å². The maximum absolute atomic E-state index is 5.42. The van der Waals surface area contributed by atoms with Gasteiger partial charge in [-0.1, -0.05) is 0 Å². The van der Waals surface area contributed by atoms with Crippen LogP contribution in [-0.4, -0.2) is 32.3 Å². The first-order valence-electron chi connectivity index (χ1n) is 3.04. The van der Waals surface area contributed by atoms with Crippen molar-refractivity contribution in [1.29, 1.82) is 0 Å². The zero-order valence-corrected chi connectivity index (χ0v) is 5.55. The second-order valence-electron chi connectivity index (χ2n) is 1.86. The molecule has 0 amide bonds. The van der Waals surface area contributed by atoms with Gasteiger partial charge in [-0.25, -0.2) is 0 Å². The van der Waals surface area contributed by atoms with Gasteiger partial charge in [0, 0.05) is 19.1 Å². The summed E-state index contributed by atoms with van der Waals surface area (Å²) in [4.78, 5) is 0. The molecule has 0 aromatic heterocycles. The largest absolute Gasteiger partial charge is 0.378 e. The van der Waals surface area contributed by atoms with Gasteiger partial charge in [-0.05, 0) is 0 Å². The molecule has 0 aromatic rings. The molecule has 0 aliphatic carbocycles. The smallest absolute Gasteiger partial charge is 0.0630 e. The first-order chi connectivity index (χ1) is 4.31. The zero-order chi connectivity index (χ0) is 7.11. The zero-order valence-electron chi connectivity index (χ0n) is 5.55. The lowest BCUT2D eigenvalue weighted by molar-refractivity contribution is 0.129. The van der Waals surface area contributed by atoms with Crippen LogP contribution in [0, 0.1) is 0 Å². The molecule has 0 aliphatic rings. The van der Waals surface area contributed by atoms with Crippen LogP contribution in [0.3, 0.4) is 0 Å². The van der Waals surface area contributed by atoms with Gasteiger partial charge in [-0.15, -0.1) is 0 Å². The molecular formula is C5H15N3O. The standard InChI is InChI=1S/C5H15N3O/c6-1-2-9-4-5(8)3-7/h5H,1-4,6-8H2/t5-/m1/s1. The summed E-state index contributed by atoms with van der Waals surface area (Å²) in [5.41, 5.74) is 15.8. The third-order valence-electron chi connectivity index (χ3n) is 0.897. The van der Waals surface area contributed by atoms with Gasteiger partial charge in [0.15, 0.2) is 0 Å². The summed E-state index contributed by atoms with van der Waals surface area (Å²) >= 11 is 0. The highest BCUT2D eigenvalue weighted by molar-refractivity contribution is 4.58. The summed E-state index contributed by atoms with van der Waals surface area (Å²) in [6, 6.07) is -0.0449. The minimum Gasteiger partial charge on any atom is -0.378 e. The minimum atomic E-state index is -0.0449. The van der Waals surface area contributed by atoms with Crippen molar-refractivity contribution in [3.63, 3.8) is 0 Å². The van der Waals surface area contributed by atoms with Gasteiger partial charge >= 0.3 is 0 Å². The van der Waals surface area contributed by atoms with Crippen LogP contribution < -0.4 is 17.2 Å². The van der Waals surface area contributed by atoms with Gasteiger partial charge in [0.25, 0.3) is 0 Å². The number of hydrogen-bond acceptors (Lipinski definition) is 4. The van der Waals surface area contributed by atoms with Gasteiger partial charge in [-0.3, -0.25) is 0 Å². The molecule has 0 bridgehead atoms. The Morgan fingerprint density at radius 3 is 2.44 bits per heavy atom. The summed E-state index contributed by atoms with van der Waals surface area (Å²) in [6.07, 6.45) is 0. The predicted octanol–water partition coefficient (Wildman–Crippen LogP) is -1.75. The molecule has 1 atom stereocenters. The fourth-order valence-corrected chi connectivity index (χ4v) is 0.386. The van der Waals surface area contributed by atoms with E-state index in [1.807, 2.05) is 0 Å². The number of nitrogens with two attached hydrogens (primary N) is 3. The Hall–Kier alpha value is -0.160. The number of rotatable bonds is 5. The topological polar surface area (TPSA) is 87.3 Å². The van der Waals surface area contributed by atoms with Crippen molar-refractivity contribution >= 4 is 0 Å². The summed E-state index contributed by atoms with van der Waals surface area (Å²) in [7, 11) is 0. The second kappa shape index (κ2) is 5.97. The normalized spacial score (nSPS) is 13.7. The van der Waals surface area contributed by atoms with Crippen molar-refractivity contribution in [2.75, 3.05) is 26.3 Å². The summed E-state index contributed by atoms with van der Waals surface area (Å²) < 4.78 is 5.01. The van der Waals surface area contributed by atoms with Crippen molar-refractivity contribution in [3.8, 4) is 0 Å². The van der Waals surface area contributed by atoms with Gasteiger partial charge in [0.2, 0.25) is 0 Å². The average molecular weight is 133 g/mol. The highest BCUT2D eigenvalue weighted by atomic mass is 16.5. The molecule has 0 rings (SSSR count). The van der Waals surface area contributed by atoms with E-state index < -0.39 is 0 Å². The highest BCUT2D eigenvalue weighted by Crippen LogP contribution is 1.76. The number of hydrogen-bond donors (Lipinski definition) is 3. The summed E-state index contributed by atoms with van der Waals surface area (Å²) in [5, 5.41) is 0. The lowest BCUT2D eigenvalue weighted by Gasteiger charge is -2.07. The minimum absolute atomic E-state index is 0.0449. The molecule has 0 unspecified atom stereocenters. The fourth-order valence-electron chi connectivity index (χ4n) is 0.386. The van der Waals surface area contributed by atoms with Crippen molar-refractivity contribution < 1.29 is 4.74 Å². The van der Waals surface area contributed by atoms with E-state index in [1.54, 1.807) is 0 Å². The third kappa shape index (κ3) is 5.72. The lowest BCUT2D eigenvalue weighted by atomic mass is 10.3. The fraction of sp³-hybridized carbons (Fsp3) is 1.00. The van der Waals surface area contributed by atoms with E-state index in [0.29, 0.717) is 26.3 Å². The lowest BCUT2D eigenvalue weighted by Crippen LogP contribution is -2.34. The Bertz CT molecular complexity index is 60.2. The molecule has 56 valence electrons. The molecule has 0 saturated heterocycles. The Balaban J connectivity index is 2.88. The quantitative estimate of drug-likeness (QED) is 0.388. The van der Waals surface area contributed by atoms with E-state index in [1.165, 1.54) is 0 Å². The van der Waals surface area contributed by atoms with E-state index in [2.05, 4.69) is 0 Å². The van der Waals surface area contributed by atoms with Crippen LogP contribution >= 0.6 is 0 Å². The first kappa shape index (κ1) is 8.84. The van der Waals surface area contributed by atoms with E-state index in [-0.39, 0.29) is 6.04 Å². The van der Waals surface area contributed by atoms with Crippen LogP contribution in [0.5, 0.6) is 0 Å². The third-order valence-corrected chi connectivity index (χ3v) is 0.897. The molecule has 6 N–H and O–H groups in total. The Morgan fingerprint density at radius 2 is 2.00 bits per heavy atom. The molecule has 0 radical (unpaired) electrons. The van der Waals surface area contributed by atoms with Crippen LogP contribution in [0.4, 0.5) is 0 Å². The molecule has 0 aromatic carbocycles. The van der Waals surface area contributed by atoms with Crippen LogP contribution in [-0.2, 0) is 4.74 Å². The SMILES string of the molecule is NCCOC[C@H](N)CN. The van der Waals surface area contributed by atoms with Crippen molar-refractivity contribution in [1.82, 2.24) is 0 Å².